The van der Waals surface area contributed by atoms with Gasteiger partial charge < -0.3 is 5.32 Å². The van der Waals surface area contributed by atoms with Crippen LogP contribution in [0.2, 0.25) is 0 Å². The van der Waals surface area contributed by atoms with E-state index < -0.39 is 0 Å². The third-order valence-corrected chi connectivity index (χ3v) is 5.30. The first kappa shape index (κ1) is 13.7. The lowest BCUT2D eigenvalue weighted by atomic mass is 9.95. The van der Waals surface area contributed by atoms with Crippen LogP contribution in [-0.2, 0) is 11.2 Å². The van der Waals surface area contributed by atoms with Gasteiger partial charge in [0.25, 0.3) is 0 Å². The highest BCUT2D eigenvalue weighted by atomic mass is 16.1. The van der Waals surface area contributed by atoms with Crippen molar-refractivity contribution >= 4 is 5.91 Å². The van der Waals surface area contributed by atoms with Crippen molar-refractivity contribution < 1.29 is 4.79 Å². The van der Waals surface area contributed by atoms with Crippen LogP contribution >= 0.6 is 0 Å². The summed E-state index contributed by atoms with van der Waals surface area (Å²) in [6, 6.07) is 6.98. The lowest BCUT2D eigenvalue weighted by Gasteiger charge is -2.22. The molecule has 1 aromatic carbocycles. The SMILES string of the molecule is Cc1ccc(CCC(=O)N[C@H]2C[C@H]3CC[C@H]2C3)cc1C. The van der Waals surface area contributed by atoms with Gasteiger partial charge in [-0.25, -0.2) is 0 Å². The molecule has 0 radical (unpaired) electrons. The summed E-state index contributed by atoms with van der Waals surface area (Å²) in [4.78, 5) is 12.1. The Morgan fingerprint density at radius 1 is 1.20 bits per heavy atom. The highest BCUT2D eigenvalue weighted by Crippen LogP contribution is 2.44. The van der Waals surface area contributed by atoms with Crippen LogP contribution in [0.25, 0.3) is 0 Å². The number of carbonyl (C=O) groups is 1. The lowest BCUT2D eigenvalue weighted by molar-refractivity contribution is -0.122. The largest absolute Gasteiger partial charge is 0.353 e. The zero-order chi connectivity index (χ0) is 14.1. The monoisotopic (exact) mass is 271 g/mol. The molecular formula is C18H25NO. The zero-order valence-corrected chi connectivity index (χ0v) is 12.6. The number of hydrogen-bond donors (Lipinski definition) is 1. The van der Waals surface area contributed by atoms with Crippen LogP contribution in [0, 0.1) is 25.7 Å². The second kappa shape index (κ2) is 5.59. The summed E-state index contributed by atoms with van der Waals surface area (Å²) in [5, 5.41) is 3.27. The van der Waals surface area contributed by atoms with Crippen molar-refractivity contribution in [3.05, 3.63) is 34.9 Å². The lowest BCUT2D eigenvalue weighted by Crippen LogP contribution is -2.38. The Morgan fingerprint density at radius 3 is 2.70 bits per heavy atom. The predicted octanol–water partition coefficient (Wildman–Crippen LogP) is 3.54. The summed E-state index contributed by atoms with van der Waals surface area (Å²) >= 11 is 0. The molecule has 108 valence electrons. The molecule has 3 rings (SSSR count). The molecule has 1 aromatic rings. The van der Waals surface area contributed by atoms with Gasteiger partial charge in [0.1, 0.15) is 0 Å². The van der Waals surface area contributed by atoms with E-state index in [-0.39, 0.29) is 5.91 Å². The topological polar surface area (TPSA) is 29.1 Å². The van der Waals surface area contributed by atoms with E-state index in [4.69, 9.17) is 0 Å². The number of fused-ring (bicyclic) bond motifs is 2. The second-order valence-corrected chi connectivity index (χ2v) is 6.77. The summed E-state index contributed by atoms with van der Waals surface area (Å²) in [5.74, 6) is 1.90. The molecule has 1 amide bonds. The van der Waals surface area contributed by atoms with Gasteiger partial charge in [-0.3, -0.25) is 4.79 Å². The molecule has 2 bridgehead atoms. The van der Waals surface area contributed by atoms with Gasteiger partial charge in [-0.15, -0.1) is 0 Å². The van der Waals surface area contributed by atoms with Gasteiger partial charge in [-0.05, 0) is 68.1 Å². The Bertz CT molecular complexity index is 508. The Kier molecular flexibility index (Phi) is 3.82. The summed E-state index contributed by atoms with van der Waals surface area (Å²) < 4.78 is 0. The van der Waals surface area contributed by atoms with Gasteiger partial charge in [0.15, 0.2) is 0 Å². The molecule has 0 aromatic heterocycles. The van der Waals surface area contributed by atoms with Gasteiger partial charge in [0.05, 0.1) is 0 Å². The average molecular weight is 271 g/mol. The molecule has 0 heterocycles. The highest BCUT2D eigenvalue weighted by Gasteiger charge is 2.39. The van der Waals surface area contributed by atoms with Crippen LogP contribution in [0.1, 0.15) is 48.8 Å². The summed E-state index contributed by atoms with van der Waals surface area (Å²) in [6.45, 7) is 4.26. The minimum atomic E-state index is 0.237. The van der Waals surface area contributed by atoms with Crippen molar-refractivity contribution in [1.29, 1.82) is 0 Å². The molecule has 2 aliphatic carbocycles. The van der Waals surface area contributed by atoms with Crippen molar-refractivity contribution in [3.63, 3.8) is 0 Å². The maximum Gasteiger partial charge on any atom is 0.220 e. The summed E-state index contributed by atoms with van der Waals surface area (Å²) in [5.41, 5.74) is 3.91. The van der Waals surface area contributed by atoms with Crippen LogP contribution in [-0.4, -0.2) is 11.9 Å². The molecule has 0 saturated heterocycles. The van der Waals surface area contributed by atoms with E-state index in [1.165, 1.54) is 42.4 Å². The Labute approximate surface area is 122 Å². The molecule has 2 heteroatoms. The number of nitrogens with one attached hydrogen (secondary N) is 1. The van der Waals surface area contributed by atoms with E-state index in [9.17, 15) is 4.79 Å². The number of aryl methyl sites for hydroxylation is 3. The van der Waals surface area contributed by atoms with Crippen molar-refractivity contribution in [3.8, 4) is 0 Å². The van der Waals surface area contributed by atoms with Crippen molar-refractivity contribution in [2.24, 2.45) is 11.8 Å². The van der Waals surface area contributed by atoms with Crippen LogP contribution in [0.3, 0.4) is 0 Å². The first-order chi connectivity index (χ1) is 9.61. The standard InChI is InChI=1S/C18H25NO/c1-12-3-4-14(9-13(12)2)6-8-18(20)19-17-11-15-5-7-16(17)10-15/h3-4,9,15-17H,5-8,10-11H2,1-2H3,(H,19,20)/t15-,16-,17-/m0/s1. The van der Waals surface area contributed by atoms with Gasteiger partial charge in [-0.2, -0.15) is 0 Å². The number of amides is 1. The molecule has 3 atom stereocenters. The van der Waals surface area contributed by atoms with E-state index in [0.717, 1.165) is 18.3 Å². The molecule has 20 heavy (non-hydrogen) atoms. The fraction of sp³-hybridized carbons (Fsp3) is 0.611. The van der Waals surface area contributed by atoms with Crippen molar-refractivity contribution in [1.82, 2.24) is 5.32 Å². The van der Waals surface area contributed by atoms with Crippen molar-refractivity contribution in [2.75, 3.05) is 0 Å². The molecule has 1 N–H and O–H groups in total. The third kappa shape index (κ3) is 2.89. The zero-order valence-electron chi connectivity index (χ0n) is 12.6. The first-order valence-corrected chi connectivity index (χ1v) is 7.97. The fourth-order valence-electron chi connectivity index (χ4n) is 3.92. The van der Waals surface area contributed by atoms with Crippen LogP contribution in [0.5, 0.6) is 0 Å². The molecular weight excluding hydrogens is 246 g/mol. The van der Waals surface area contributed by atoms with E-state index >= 15 is 0 Å². The number of carbonyl (C=O) groups excluding carboxylic acids is 1. The third-order valence-electron chi connectivity index (χ3n) is 5.30. The summed E-state index contributed by atoms with van der Waals surface area (Å²) in [6.07, 6.45) is 6.76. The van der Waals surface area contributed by atoms with Crippen molar-refractivity contribution in [2.45, 2.75) is 58.4 Å². The van der Waals surface area contributed by atoms with E-state index in [2.05, 4.69) is 37.4 Å². The fourth-order valence-corrected chi connectivity index (χ4v) is 3.92. The smallest absolute Gasteiger partial charge is 0.220 e. The number of hydrogen-bond acceptors (Lipinski definition) is 1. The molecule has 0 aliphatic heterocycles. The van der Waals surface area contributed by atoms with E-state index in [1.807, 2.05) is 0 Å². The van der Waals surface area contributed by atoms with Crippen LogP contribution in [0.4, 0.5) is 0 Å². The number of benzene rings is 1. The molecule has 0 unspecified atom stereocenters. The highest BCUT2D eigenvalue weighted by molar-refractivity contribution is 5.76. The first-order valence-electron chi connectivity index (χ1n) is 7.97. The maximum atomic E-state index is 12.1. The molecule has 0 spiro atoms. The van der Waals surface area contributed by atoms with Gasteiger partial charge in [0.2, 0.25) is 5.91 Å². The summed E-state index contributed by atoms with van der Waals surface area (Å²) in [7, 11) is 0. The van der Waals surface area contributed by atoms with E-state index in [1.54, 1.807) is 0 Å². The second-order valence-electron chi connectivity index (χ2n) is 6.77. The Morgan fingerprint density at radius 2 is 2.05 bits per heavy atom. The minimum absolute atomic E-state index is 0.237. The minimum Gasteiger partial charge on any atom is -0.353 e. The van der Waals surface area contributed by atoms with Crippen LogP contribution in [0.15, 0.2) is 18.2 Å². The average Bonchev–Trinajstić information content (AvgIpc) is 3.02. The predicted molar refractivity (Wildman–Crippen MR) is 81.6 cm³/mol. The Hall–Kier alpha value is -1.31. The normalized spacial score (nSPS) is 27.8. The molecule has 2 fully saturated rings. The molecule has 2 saturated carbocycles. The van der Waals surface area contributed by atoms with Crippen LogP contribution < -0.4 is 5.32 Å². The van der Waals surface area contributed by atoms with Gasteiger partial charge in [0, 0.05) is 12.5 Å². The van der Waals surface area contributed by atoms with Gasteiger partial charge >= 0.3 is 0 Å². The maximum absolute atomic E-state index is 12.1. The van der Waals surface area contributed by atoms with Gasteiger partial charge in [-0.1, -0.05) is 24.6 Å². The molecule has 2 nitrogen and oxygen atoms in total. The quantitative estimate of drug-likeness (QED) is 0.891. The van der Waals surface area contributed by atoms with E-state index in [0.29, 0.717) is 12.5 Å². The Balaban J connectivity index is 1.48. The number of rotatable bonds is 4. The molecule has 2 aliphatic rings.